The van der Waals surface area contributed by atoms with Gasteiger partial charge in [-0.05, 0) is 37.9 Å². The second kappa shape index (κ2) is 6.83. The number of carbonyl (C=O) groups excluding carboxylic acids is 1. The summed E-state index contributed by atoms with van der Waals surface area (Å²) in [5, 5.41) is 0. The first-order chi connectivity index (χ1) is 8.29. The van der Waals surface area contributed by atoms with Crippen LogP contribution in [0.4, 0.5) is 4.79 Å². The van der Waals surface area contributed by atoms with E-state index in [1.165, 1.54) is 74.2 Å². The molecule has 96 valence electrons. The third kappa shape index (κ3) is 4.02. The summed E-state index contributed by atoms with van der Waals surface area (Å²) in [4.78, 5) is 16.1. The predicted octanol–water partition coefficient (Wildman–Crippen LogP) is 4.39. The molecule has 1 saturated carbocycles. The first-order valence-corrected chi connectivity index (χ1v) is 8.78. The van der Waals surface area contributed by atoms with Crippen molar-refractivity contribution >= 4 is 33.7 Å². The van der Waals surface area contributed by atoms with Crippen LogP contribution in [0.25, 0.3) is 0 Å². The highest BCUT2D eigenvalue weighted by atomic mass is 32.2. The van der Waals surface area contributed by atoms with Crippen LogP contribution in [-0.4, -0.2) is 28.2 Å². The van der Waals surface area contributed by atoms with Gasteiger partial charge in [0.05, 0.1) is 6.04 Å². The normalized spacial score (nSPS) is 29.1. The lowest BCUT2D eigenvalue weighted by Gasteiger charge is -2.16. The number of hydrogen-bond donors (Lipinski definition) is 0. The SMILES string of the molecule is CSC(=O)SCC1CC2CCCCCCC2=N1. The van der Waals surface area contributed by atoms with E-state index in [4.69, 9.17) is 4.99 Å². The van der Waals surface area contributed by atoms with E-state index in [2.05, 4.69) is 0 Å². The Labute approximate surface area is 112 Å². The van der Waals surface area contributed by atoms with E-state index in [0.717, 1.165) is 11.7 Å². The number of rotatable bonds is 2. The summed E-state index contributed by atoms with van der Waals surface area (Å²) in [5.41, 5.74) is 1.46. The minimum atomic E-state index is 0.231. The molecule has 0 bridgehead atoms. The Hall–Kier alpha value is 0.0400. The van der Waals surface area contributed by atoms with Crippen LogP contribution >= 0.6 is 23.5 Å². The summed E-state index contributed by atoms with van der Waals surface area (Å²) in [6, 6.07) is 0.411. The molecule has 0 amide bonds. The molecule has 2 aliphatic rings. The number of fused-ring (bicyclic) bond motifs is 1. The first-order valence-electron chi connectivity index (χ1n) is 6.57. The van der Waals surface area contributed by atoms with E-state index >= 15 is 0 Å². The molecular weight excluding hydrogens is 250 g/mol. The molecule has 0 saturated heterocycles. The second-order valence-corrected chi connectivity index (χ2v) is 6.96. The van der Waals surface area contributed by atoms with Gasteiger partial charge in [0.1, 0.15) is 0 Å². The standard InChI is InChI=1S/C13H21NOS2/c1-16-13(15)17-9-11-8-10-6-4-2-3-5-7-12(10)14-11/h10-11H,2-9H2,1H3. The van der Waals surface area contributed by atoms with Gasteiger partial charge in [-0.15, -0.1) is 0 Å². The molecule has 0 radical (unpaired) electrons. The monoisotopic (exact) mass is 271 g/mol. The number of aliphatic imine (C=N–C) groups is 1. The maximum absolute atomic E-state index is 11.3. The van der Waals surface area contributed by atoms with Crippen molar-refractivity contribution in [3.63, 3.8) is 0 Å². The van der Waals surface area contributed by atoms with Crippen LogP contribution in [0.5, 0.6) is 0 Å². The Morgan fingerprint density at radius 2 is 2.18 bits per heavy atom. The minimum Gasteiger partial charge on any atom is -0.290 e. The zero-order chi connectivity index (χ0) is 12.1. The van der Waals surface area contributed by atoms with Gasteiger partial charge in [-0.2, -0.15) is 0 Å². The number of thioether (sulfide) groups is 2. The van der Waals surface area contributed by atoms with Gasteiger partial charge in [0, 0.05) is 11.5 Å². The van der Waals surface area contributed by atoms with Crippen LogP contribution in [-0.2, 0) is 0 Å². The van der Waals surface area contributed by atoms with Crippen molar-refractivity contribution in [3.8, 4) is 0 Å². The van der Waals surface area contributed by atoms with Gasteiger partial charge in [-0.3, -0.25) is 9.79 Å². The molecule has 1 heterocycles. The van der Waals surface area contributed by atoms with Gasteiger partial charge in [0.25, 0.3) is 0 Å². The number of hydrogen-bond acceptors (Lipinski definition) is 4. The summed E-state index contributed by atoms with van der Waals surface area (Å²) >= 11 is 2.76. The predicted molar refractivity (Wildman–Crippen MR) is 78.4 cm³/mol. The van der Waals surface area contributed by atoms with Crippen molar-refractivity contribution < 1.29 is 4.79 Å². The average molecular weight is 271 g/mol. The maximum Gasteiger partial charge on any atom is 0.245 e. The molecule has 1 fully saturated rings. The molecule has 0 N–H and O–H groups in total. The highest BCUT2D eigenvalue weighted by Gasteiger charge is 2.28. The van der Waals surface area contributed by atoms with Crippen molar-refractivity contribution in [1.82, 2.24) is 0 Å². The summed E-state index contributed by atoms with van der Waals surface area (Å²) in [7, 11) is 0. The Morgan fingerprint density at radius 3 is 3.00 bits per heavy atom. The van der Waals surface area contributed by atoms with Crippen LogP contribution in [0.3, 0.4) is 0 Å². The third-order valence-electron chi connectivity index (χ3n) is 3.67. The van der Waals surface area contributed by atoms with E-state index in [1.54, 1.807) is 0 Å². The van der Waals surface area contributed by atoms with E-state index < -0.39 is 0 Å². The Balaban J connectivity index is 1.84. The second-order valence-electron chi connectivity index (χ2n) is 4.92. The maximum atomic E-state index is 11.3. The van der Waals surface area contributed by atoms with Crippen molar-refractivity contribution in [3.05, 3.63) is 0 Å². The fourth-order valence-electron chi connectivity index (χ4n) is 2.79. The third-order valence-corrected chi connectivity index (χ3v) is 5.65. The fraction of sp³-hybridized carbons (Fsp3) is 0.846. The minimum absolute atomic E-state index is 0.231. The number of nitrogens with zero attached hydrogens (tertiary/aromatic N) is 1. The molecule has 0 aromatic heterocycles. The molecule has 17 heavy (non-hydrogen) atoms. The van der Waals surface area contributed by atoms with Crippen LogP contribution in [0.15, 0.2) is 4.99 Å². The molecule has 1 aliphatic carbocycles. The molecule has 0 spiro atoms. The highest BCUT2D eigenvalue weighted by Crippen LogP contribution is 2.32. The molecule has 2 atom stereocenters. The zero-order valence-electron chi connectivity index (χ0n) is 10.5. The first kappa shape index (κ1) is 13.5. The van der Waals surface area contributed by atoms with E-state index in [1.807, 2.05) is 6.26 Å². The largest absolute Gasteiger partial charge is 0.290 e. The Kier molecular flexibility index (Phi) is 5.42. The van der Waals surface area contributed by atoms with Gasteiger partial charge in [0.15, 0.2) is 0 Å². The average Bonchev–Trinajstić information content (AvgIpc) is 2.68. The molecule has 0 aromatic carbocycles. The van der Waals surface area contributed by atoms with Crippen molar-refractivity contribution in [1.29, 1.82) is 0 Å². The molecule has 4 heteroatoms. The Bertz CT molecular complexity index is 304. The van der Waals surface area contributed by atoms with Crippen molar-refractivity contribution in [2.75, 3.05) is 12.0 Å². The van der Waals surface area contributed by atoms with Crippen LogP contribution < -0.4 is 0 Å². The van der Waals surface area contributed by atoms with Crippen molar-refractivity contribution in [2.45, 2.75) is 51.0 Å². The van der Waals surface area contributed by atoms with Crippen molar-refractivity contribution in [2.24, 2.45) is 10.9 Å². The lowest BCUT2D eigenvalue weighted by molar-refractivity contribution is 0.276. The molecule has 2 rings (SSSR count). The van der Waals surface area contributed by atoms with Gasteiger partial charge >= 0.3 is 0 Å². The summed E-state index contributed by atoms with van der Waals surface area (Å²) in [6.07, 6.45) is 11.0. The summed E-state index contributed by atoms with van der Waals surface area (Å²) in [5.74, 6) is 1.63. The fourth-order valence-corrected chi connectivity index (χ4v) is 4.00. The van der Waals surface area contributed by atoms with Gasteiger partial charge in [-0.25, -0.2) is 0 Å². The van der Waals surface area contributed by atoms with Gasteiger partial charge in [0.2, 0.25) is 4.45 Å². The lowest BCUT2D eigenvalue weighted by Crippen LogP contribution is -2.13. The smallest absolute Gasteiger partial charge is 0.245 e. The summed E-state index contributed by atoms with van der Waals surface area (Å²) in [6.45, 7) is 0. The lowest BCUT2D eigenvalue weighted by atomic mass is 9.88. The molecular formula is C13H21NOS2. The zero-order valence-corrected chi connectivity index (χ0v) is 12.1. The Morgan fingerprint density at radius 1 is 1.35 bits per heavy atom. The van der Waals surface area contributed by atoms with Crippen LogP contribution in [0, 0.1) is 5.92 Å². The number of carbonyl (C=O) groups is 1. The van der Waals surface area contributed by atoms with Crippen LogP contribution in [0.1, 0.15) is 44.9 Å². The van der Waals surface area contributed by atoms with E-state index in [9.17, 15) is 4.79 Å². The van der Waals surface area contributed by atoms with Gasteiger partial charge < -0.3 is 0 Å². The molecule has 0 aromatic rings. The van der Waals surface area contributed by atoms with E-state index in [0.29, 0.717) is 6.04 Å². The molecule has 2 nitrogen and oxygen atoms in total. The van der Waals surface area contributed by atoms with Gasteiger partial charge in [-0.1, -0.05) is 42.8 Å². The molecule has 1 aliphatic heterocycles. The quantitative estimate of drug-likeness (QED) is 0.746. The van der Waals surface area contributed by atoms with E-state index in [-0.39, 0.29) is 4.45 Å². The topological polar surface area (TPSA) is 29.4 Å². The summed E-state index contributed by atoms with van der Waals surface area (Å²) < 4.78 is 0.231. The molecule has 2 unspecified atom stereocenters. The highest BCUT2D eigenvalue weighted by molar-refractivity contribution is 8.38. The van der Waals surface area contributed by atoms with Crippen LogP contribution in [0.2, 0.25) is 0 Å².